The van der Waals surface area contributed by atoms with Crippen molar-refractivity contribution in [3.05, 3.63) is 77.5 Å². The molecule has 55 heavy (non-hydrogen) atoms. The lowest BCUT2D eigenvalue weighted by Gasteiger charge is -2.15. The molecule has 2 aromatic carbocycles. The van der Waals surface area contributed by atoms with Crippen molar-refractivity contribution in [3.8, 4) is 29.8 Å². The van der Waals surface area contributed by atoms with Gasteiger partial charge in [0.25, 0.3) is 26.1 Å². The molecule has 4 rings (SSSR count). The number of carbonyl (C=O) groups is 3. The largest absolute Gasteiger partial charge is 0.493 e. The fourth-order valence-corrected chi connectivity index (χ4v) is 6.40. The Morgan fingerprint density at radius 1 is 1.02 bits per heavy atom. The van der Waals surface area contributed by atoms with E-state index in [4.69, 9.17) is 21.0 Å². The Bertz CT molecular complexity index is 2470. The molecule has 0 fully saturated rings. The summed E-state index contributed by atoms with van der Waals surface area (Å²) < 4.78 is 107. The zero-order chi connectivity index (χ0) is 40.7. The number of carbonyl (C=O) groups excluding carboxylic acids is 3. The van der Waals surface area contributed by atoms with Crippen molar-refractivity contribution in [1.29, 1.82) is 0 Å². The van der Waals surface area contributed by atoms with Gasteiger partial charge in [-0.1, -0.05) is 29.7 Å². The molecule has 5 N–H and O–H groups in total. The fourth-order valence-electron chi connectivity index (χ4n) is 4.44. The summed E-state index contributed by atoms with van der Waals surface area (Å²) in [5.74, 6) is -4.94. The van der Waals surface area contributed by atoms with Gasteiger partial charge in [-0.3, -0.25) is 18.5 Å². The van der Waals surface area contributed by atoms with Gasteiger partial charge < -0.3 is 18.8 Å². The Morgan fingerprint density at radius 2 is 1.69 bits per heavy atom. The molecule has 2 heterocycles. The molecule has 1 aliphatic heterocycles. The maximum Gasteiger partial charge on any atom is 0.373 e. The number of hydrogen-bond donors (Lipinski definition) is 5. The third kappa shape index (κ3) is 9.88. The quantitative estimate of drug-likeness (QED) is 0.0169. The Labute approximate surface area is 315 Å². The van der Waals surface area contributed by atoms with Gasteiger partial charge in [0.05, 0.1) is 41.2 Å². The number of nitrogens with zero attached hydrogens (tertiary/aromatic N) is 4. The Morgan fingerprint density at radius 3 is 2.31 bits per heavy atom. The molecule has 290 valence electrons. The normalized spacial score (nSPS) is 14.7. The molecule has 26 heteroatoms. The third-order valence-corrected chi connectivity index (χ3v) is 9.25. The molecule has 0 spiro atoms. The molecule has 1 amide bonds. The van der Waals surface area contributed by atoms with Crippen LogP contribution in [0.4, 0.5) is 5.69 Å². The molecule has 0 bridgehead atoms. The number of terminal acetylenes is 1. The van der Waals surface area contributed by atoms with Crippen molar-refractivity contribution in [2.75, 3.05) is 11.6 Å². The summed E-state index contributed by atoms with van der Waals surface area (Å²) in [7, 11) is -10.0. The van der Waals surface area contributed by atoms with E-state index in [9.17, 15) is 49.6 Å². The zero-order valence-electron chi connectivity index (χ0n) is 27.1. The minimum absolute atomic E-state index is 0.0583. The van der Waals surface area contributed by atoms with E-state index in [0.717, 1.165) is 54.6 Å². The number of amides is 1. The lowest BCUT2D eigenvalue weighted by molar-refractivity contribution is -0.432. The first-order valence-corrected chi connectivity index (χ1v) is 18.9. The third-order valence-electron chi connectivity index (χ3n) is 6.54. The van der Waals surface area contributed by atoms with Crippen LogP contribution in [0.2, 0.25) is 0 Å². The molecule has 0 saturated heterocycles. The number of hydrogen-bond acceptors (Lipinski definition) is 18. The molecule has 0 aliphatic carbocycles. The Kier molecular flexibility index (Phi) is 13.5. The molecule has 0 radical (unpaired) electrons. The van der Waals surface area contributed by atoms with Gasteiger partial charge in [0.1, 0.15) is 21.6 Å². The maximum absolute atomic E-state index is 13.5. The predicted molar refractivity (Wildman–Crippen MR) is 185 cm³/mol. The number of aromatic hydroxyl groups is 1. The van der Waals surface area contributed by atoms with Crippen molar-refractivity contribution < 1.29 is 82.5 Å². The number of ether oxygens (including phenoxy) is 2. The van der Waals surface area contributed by atoms with E-state index in [2.05, 4.69) is 28.5 Å². The van der Waals surface area contributed by atoms with Crippen LogP contribution in [-0.2, 0) is 60.0 Å². The van der Waals surface area contributed by atoms with Gasteiger partial charge in [0, 0.05) is 11.0 Å². The maximum atomic E-state index is 13.5. The summed E-state index contributed by atoms with van der Waals surface area (Å²) in [4.78, 5) is 37.3. The molecule has 1 aliphatic rings. The van der Waals surface area contributed by atoms with Crippen LogP contribution in [0.25, 0.3) is 11.8 Å². The summed E-state index contributed by atoms with van der Waals surface area (Å²) in [6.45, 7) is 1.32. The molecular weight excluding hydrogens is 821 g/mol. The van der Waals surface area contributed by atoms with Gasteiger partial charge in [0.15, 0.2) is 11.4 Å². The van der Waals surface area contributed by atoms with Gasteiger partial charge in [-0.15, -0.1) is 4.33 Å². The van der Waals surface area contributed by atoms with Crippen LogP contribution in [-0.4, -0.2) is 85.0 Å². The Balaban J connectivity index is 1.78. The average molecular weight is 843 g/mol. The van der Waals surface area contributed by atoms with E-state index < -0.39 is 99.2 Å². The minimum atomic E-state index is -5.08. The minimum Gasteiger partial charge on any atom is -0.493 e. The van der Waals surface area contributed by atoms with Crippen LogP contribution >= 0.6 is 12.0 Å². The van der Waals surface area contributed by atoms with Gasteiger partial charge in [-0.25, -0.2) is 14.8 Å². The predicted octanol–water partition coefficient (Wildman–Crippen LogP) is 2.22. The van der Waals surface area contributed by atoms with Gasteiger partial charge >= 0.3 is 23.3 Å². The SMILES string of the molecule is C#COC(=O)C1=NN(c2cc(OS(=O)O)ccc2S(=O)(=O)O)C(=O)/C1=C\C=CC=Cc1c(C(=O)OCC)nn(-c2cc(SOOO)ccc2S(=O)(=O)O)c1O. The summed E-state index contributed by atoms with van der Waals surface area (Å²) in [5.41, 5.74) is -3.43. The number of rotatable bonds is 15. The van der Waals surface area contributed by atoms with Crippen LogP contribution in [0, 0.1) is 12.5 Å². The summed E-state index contributed by atoms with van der Waals surface area (Å²) in [5, 5.41) is 31.2. The first-order valence-electron chi connectivity index (χ1n) is 14.2. The first-order chi connectivity index (χ1) is 25.9. The van der Waals surface area contributed by atoms with Crippen molar-refractivity contribution in [1.82, 2.24) is 9.78 Å². The van der Waals surface area contributed by atoms with E-state index in [1.807, 2.05) is 0 Å². The van der Waals surface area contributed by atoms with Crippen molar-refractivity contribution in [3.63, 3.8) is 0 Å². The highest BCUT2D eigenvalue weighted by atomic mass is 32.2. The van der Waals surface area contributed by atoms with E-state index in [0.29, 0.717) is 21.7 Å². The number of aromatic nitrogens is 2. The van der Waals surface area contributed by atoms with Crippen LogP contribution in [0.3, 0.4) is 0 Å². The number of anilines is 1. The molecule has 0 saturated carbocycles. The number of benzene rings is 2. The molecule has 3 aromatic rings. The standard InChI is InChI=1S/C29H22N4O18S4/c1-3-47-28(36)24-18(26(34)32(30-24)20-14-16(49-53(39)40)10-12-22(20)54(41,42)43)8-6-5-7-9-19-25(29(37)48-4-2)31-33(27(19)35)21-15-17(52-51-50-38)11-13-23(21)55(44,45)46/h1,5-15,35,38H,4H2,2H3,(H,39,40)(H,41,42,43)(H,44,45,46)/b6-5?,9-7?,18-8-. The number of hydrazone groups is 1. The van der Waals surface area contributed by atoms with Crippen molar-refractivity contribution in [2.45, 2.75) is 21.6 Å². The second kappa shape index (κ2) is 17.6. The highest BCUT2D eigenvalue weighted by molar-refractivity contribution is 7.94. The van der Waals surface area contributed by atoms with E-state index >= 15 is 0 Å². The summed E-state index contributed by atoms with van der Waals surface area (Å²) in [6, 6.07) is 5.44. The van der Waals surface area contributed by atoms with Crippen LogP contribution in [0.1, 0.15) is 23.0 Å². The first kappa shape index (κ1) is 42.0. The van der Waals surface area contributed by atoms with E-state index in [1.165, 1.54) is 19.1 Å². The molecule has 1 aromatic heterocycles. The highest BCUT2D eigenvalue weighted by Crippen LogP contribution is 2.35. The van der Waals surface area contributed by atoms with Crippen molar-refractivity contribution >= 4 is 79.0 Å². The van der Waals surface area contributed by atoms with Gasteiger partial charge in [-0.05, 0) is 49.4 Å². The molecule has 1 unspecified atom stereocenters. The van der Waals surface area contributed by atoms with Crippen molar-refractivity contribution in [2.24, 2.45) is 5.10 Å². The molecular formula is C29H22N4O18S4. The van der Waals surface area contributed by atoms with E-state index in [1.54, 1.807) is 6.11 Å². The molecule has 1 atom stereocenters. The number of esters is 2. The Hall–Kier alpha value is -5.73. The van der Waals surface area contributed by atoms with Crippen LogP contribution in [0.15, 0.2) is 86.1 Å². The van der Waals surface area contributed by atoms with Gasteiger partial charge in [-0.2, -0.15) is 40.9 Å². The van der Waals surface area contributed by atoms with E-state index in [-0.39, 0.29) is 17.1 Å². The second-order valence-corrected chi connectivity index (χ2v) is 14.0. The lowest BCUT2D eigenvalue weighted by atomic mass is 10.1. The lowest BCUT2D eigenvalue weighted by Crippen LogP contribution is -2.24. The highest BCUT2D eigenvalue weighted by Gasteiger charge is 2.38. The van der Waals surface area contributed by atoms with Gasteiger partial charge in [0.2, 0.25) is 5.88 Å². The average Bonchev–Trinajstić information content (AvgIpc) is 3.61. The summed E-state index contributed by atoms with van der Waals surface area (Å²) in [6.07, 6.45) is 12.2. The molecule has 22 nitrogen and oxygen atoms in total. The summed E-state index contributed by atoms with van der Waals surface area (Å²) >= 11 is -2.51. The second-order valence-electron chi connectivity index (χ2n) is 9.85. The zero-order valence-corrected chi connectivity index (χ0v) is 30.4. The van der Waals surface area contributed by atoms with Crippen LogP contribution < -0.4 is 9.19 Å². The fraction of sp³-hybridized carbons (Fsp3) is 0.0690. The topological polar surface area (TPSA) is 317 Å². The smallest absolute Gasteiger partial charge is 0.373 e. The monoisotopic (exact) mass is 842 g/mol. The number of allylic oxidation sites excluding steroid dienone is 4. The van der Waals surface area contributed by atoms with Crippen LogP contribution in [0.5, 0.6) is 11.6 Å².